The highest BCUT2D eigenvalue weighted by atomic mass is 127. The Hall–Kier alpha value is -1.83. The number of carbonyl (C=O) groups excluding carboxylic acids is 2. The van der Waals surface area contributed by atoms with Crippen LogP contribution in [0.3, 0.4) is 0 Å². The molecule has 1 N–H and O–H groups in total. The molecule has 0 amide bonds. The maximum absolute atomic E-state index is 12.9. The summed E-state index contributed by atoms with van der Waals surface area (Å²) in [5.41, 5.74) is 3.09. The zero-order valence-corrected chi connectivity index (χ0v) is 18.7. The quantitative estimate of drug-likeness (QED) is 0.496. The summed E-state index contributed by atoms with van der Waals surface area (Å²) in [6, 6.07) is 7.78. The summed E-state index contributed by atoms with van der Waals surface area (Å²) in [5, 5.41) is 3.15. The lowest BCUT2D eigenvalue weighted by Gasteiger charge is -2.31. The first-order chi connectivity index (χ1) is 12.6. The second kappa shape index (κ2) is 8.91. The van der Waals surface area contributed by atoms with E-state index in [9.17, 15) is 9.59 Å². The van der Waals surface area contributed by atoms with Crippen molar-refractivity contribution in [1.82, 2.24) is 5.32 Å². The molecule has 146 valence electrons. The zero-order valence-electron chi connectivity index (χ0n) is 16.6. The lowest BCUT2D eigenvalue weighted by molar-refractivity contribution is -0.143. The summed E-state index contributed by atoms with van der Waals surface area (Å²) >= 11 is 2.23. The van der Waals surface area contributed by atoms with Gasteiger partial charge in [0, 0.05) is 15.0 Å². The minimum Gasteiger partial charge on any atom is -0.460 e. The van der Waals surface area contributed by atoms with Gasteiger partial charge in [-0.15, -0.1) is 0 Å². The van der Waals surface area contributed by atoms with Gasteiger partial charge in [0.25, 0.3) is 0 Å². The van der Waals surface area contributed by atoms with Crippen molar-refractivity contribution >= 4 is 34.5 Å². The Morgan fingerprint density at radius 3 is 1.67 bits per heavy atom. The fraction of sp³-hybridized carbons (Fsp3) is 0.429. The third-order valence-electron chi connectivity index (χ3n) is 4.09. The smallest absolute Gasteiger partial charge is 0.337 e. The first-order valence-corrected chi connectivity index (χ1v) is 10.1. The summed E-state index contributed by atoms with van der Waals surface area (Å²) in [5.74, 6) is -1.40. The van der Waals surface area contributed by atoms with E-state index in [-0.39, 0.29) is 12.2 Å². The van der Waals surface area contributed by atoms with Gasteiger partial charge in [0.05, 0.1) is 29.3 Å². The standard InChI is InChI=1S/C21H26INO4/c1-11(2)26-20(24)17-13(5)23-14(6)18(21(25)27-12(3)4)19(17)15-7-9-16(22)10-8-15/h7-12,19,23H,1-6H3. The second-order valence-electron chi connectivity index (χ2n) is 7.10. The third kappa shape index (κ3) is 5.12. The molecule has 0 radical (unpaired) electrons. The van der Waals surface area contributed by atoms with Crippen molar-refractivity contribution < 1.29 is 19.1 Å². The zero-order chi connectivity index (χ0) is 20.3. The number of nitrogens with one attached hydrogen (secondary N) is 1. The van der Waals surface area contributed by atoms with Crippen LogP contribution in [0.4, 0.5) is 0 Å². The summed E-state index contributed by atoms with van der Waals surface area (Å²) in [6.07, 6.45) is -0.513. The van der Waals surface area contributed by atoms with E-state index in [1.54, 1.807) is 27.7 Å². The fourth-order valence-corrected chi connectivity index (χ4v) is 3.44. The minimum absolute atomic E-state index is 0.256. The Kier molecular flexibility index (Phi) is 7.08. The SMILES string of the molecule is CC1=C(C(=O)OC(C)C)C(c2ccc(I)cc2)C(C(=O)OC(C)C)=C(C)N1. The van der Waals surface area contributed by atoms with Gasteiger partial charge in [-0.25, -0.2) is 9.59 Å². The van der Waals surface area contributed by atoms with Gasteiger partial charge in [0.2, 0.25) is 0 Å². The number of carbonyl (C=O) groups is 2. The highest BCUT2D eigenvalue weighted by molar-refractivity contribution is 14.1. The molecule has 0 aliphatic carbocycles. The molecule has 1 aromatic rings. The number of dihydropyridines is 1. The first kappa shape index (κ1) is 21.5. The Bertz CT molecular complexity index is 747. The van der Waals surface area contributed by atoms with Crippen molar-refractivity contribution in [3.05, 3.63) is 55.9 Å². The van der Waals surface area contributed by atoms with Gasteiger partial charge in [-0.3, -0.25) is 0 Å². The van der Waals surface area contributed by atoms with E-state index in [1.807, 2.05) is 38.1 Å². The van der Waals surface area contributed by atoms with E-state index < -0.39 is 17.9 Å². The molecule has 6 heteroatoms. The molecule has 5 nitrogen and oxygen atoms in total. The number of esters is 2. The van der Waals surface area contributed by atoms with Crippen LogP contribution < -0.4 is 5.32 Å². The number of hydrogen-bond donors (Lipinski definition) is 1. The van der Waals surface area contributed by atoms with E-state index in [1.165, 1.54) is 0 Å². The molecule has 0 fully saturated rings. The number of ether oxygens (including phenoxy) is 2. The number of hydrogen-bond acceptors (Lipinski definition) is 5. The summed E-state index contributed by atoms with van der Waals surface area (Å²) < 4.78 is 12.0. The average molecular weight is 483 g/mol. The maximum atomic E-state index is 12.9. The van der Waals surface area contributed by atoms with Crippen LogP contribution in [-0.4, -0.2) is 24.1 Å². The molecule has 2 rings (SSSR count). The molecule has 1 aliphatic rings. The van der Waals surface area contributed by atoms with Crippen molar-refractivity contribution in [2.45, 2.75) is 59.7 Å². The van der Waals surface area contributed by atoms with E-state index in [2.05, 4.69) is 27.9 Å². The Labute approximate surface area is 174 Å². The van der Waals surface area contributed by atoms with E-state index >= 15 is 0 Å². The van der Waals surface area contributed by atoms with Crippen molar-refractivity contribution in [1.29, 1.82) is 0 Å². The van der Waals surface area contributed by atoms with Crippen LogP contribution in [0.1, 0.15) is 53.0 Å². The lowest BCUT2D eigenvalue weighted by Crippen LogP contribution is -2.33. The third-order valence-corrected chi connectivity index (χ3v) is 4.81. The number of allylic oxidation sites excluding steroid dienone is 2. The Morgan fingerprint density at radius 1 is 0.889 bits per heavy atom. The molecule has 1 aromatic carbocycles. The van der Waals surface area contributed by atoms with Crippen LogP contribution >= 0.6 is 22.6 Å². The van der Waals surface area contributed by atoms with E-state index in [0.29, 0.717) is 22.5 Å². The fourth-order valence-electron chi connectivity index (χ4n) is 3.08. The average Bonchev–Trinajstić information content (AvgIpc) is 2.53. The minimum atomic E-state index is -0.541. The maximum Gasteiger partial charge on any atom is 0.337 e. The van der Waals surface area contributed by atoms with Crippen molar-refractivity contribution in [3.8, 4) is 0 Å². The topological polar surface area (TPSA) is 64.6 Å². The molecular weight excluding hydrogens is 457 g/mol. The predicted octanol–water partition coefficient (Wildman–Crippen LogP) is 4.43. The number of benzene rings is 1. The Morgan fingerprint density at radius 2 is 1.30 bits per heavy atom. The monoisotopic (exact) mass is 483 g/mol. The van der Waals surface area contributed by atoms with Gasteiger partial charge in [-0.05, 0) is 81.8 Å². The lowest BCUT2D eigenvalue weighted by atomic mass is 9.80. The van der Waals surface area contributed by atoms with Gasteiger partial charge < -0.3 is 14.8 Å². The van der Waals surface area contributed by atoms with Crippen LogP contribution in [-0.2, 0) is 19.1 Å². The second-order valence-corrected chi connectivity index (χ2v) is 8.34. The molecule has 0 bridgehead atoms. The number of rotatable bonds is 5. The van der Waals surface area contributed by atoms with Crippen LogP contribution in [0.15, 0.2) is 46.8 Å². The number of halogens is 1. The van der Waals surface area contributed by atoms with Gasteiger partial charge in [0.15, 0.2) is 0 Å². The largest absolute Gasteiger partial charge is 0.460 e. The van der Waals surface area contributed by atoms with Crippen molar-refractivity contribution in [3.63, 3.8) is 0 Å². The summed E-state index contributed by atoms with van der Waals surface area (Å²) in [6.45, 7) is 10.9. The molecule has 27 heavy (non-hydrogen) atoms. The molecule has 1 aliphatic heterocycles. The van der Waals surface area contributed by atoms with Crippen LogP contribution in [0.2, 0.25) is 0 Å². The highest BCUT2D eigenvalue weighted by Gasteiger charge is 2.38. The molecule has 0 atom stereocenters. The van der Waals surface area contributed by atoms with Gasteiger partial charge in [-0.1, -0.05) is 12.1 Å². The van der Waals surface area contributed by atoms with Crippen LogP contribution in [0.5, 0.6) is 0 Å². The van der Waals surface area contributed by atoms with Crippen molar-refractivity contribution in [2.24, 2.45) is 0 Å². The molecule has 0 saturated heterocycles. The van der Waals surface area contributed by atoms with Crippen LogP contribution in [0.25, 0.3) is 0 Å². The summed E-state index contributed by atoms with van der Waals surface area (Å²) in [4.78, 5) is 25.7. The molecule has 0 spiro atoms. The predicted molar refractivity (Wildman–Crippen MR) is 113 cm³/mol. The van der Waals surface area contributed by atoms with E-state index in [4.69, 9.17) is 9.47 Å². The van der Waals surface area contributed by atoms with Crippen molar-refractivity contribution in [2.75, 3.05) is 0 Å². The van der Waals surface area contributed by atoms with Gasteiger partial charge in [-0.2, -0.15) is 0 Å². The highest BCUT2D eigenvalue weighted by Crippen LogP contribution is 2.39. The molecule has 0 aromatic heterocycles. The molecule has 0 saturated carbocycles. The van der Waals surface area contributed by atoms with Gasteiger partial charge in [0.1, 0.15) is 0 Å². The molecule has 0 unspecified atom stereocenters. The Balaban J connectivity index is 2.60. The normalized spacial score (nSPS) is 15.3. The van der Waals surface area contributed by atoms with Gasteiger partial charge >= 0.3 is 11.9 Å². The van der Waals surface area contributed by atoms with Crippen LogP contribution in [0, 0.1) is 3.57 Å². The molecule has 1 heterocycles. The molecular formula is C21H26INO4. The first-order valence-electron chi connectivity index (χ1n) is 8.97. The summed E-state index contributed by atoms with van der Waals surface area (Å²) in [7, 11) is 0. The van der Waals surface area contributed by atoms with E-state index in [0.717, 1.165) is 9.13 Å².